The van der Waals surface area contributed by atoms with Crippen molar-refractivity contribution in [1.29, 1.82) is 0 Å². The van der Waals surface area contributed by atoms with Crippen LogP contribution in [0.2, 0.25) is 0 Å². The highest BCUT2D eigenvalue weighted by Gasteiger charge is 2.11. The minimum Gasteiger partial charge on any atom is -0.326 e. The first-order valence-electron chi connectivity index (χ1n) is 4.07. The fourth-order valence-corrected chi connectivity index (χ4v) is 1.59. The number of pyridine rings is 1. The number of hydrogen-bond donors (Lipinski definition) is 1. The molecule has 1 aliphatic carbocycles. The van der Waals surface area contributed by atoms with E-state index < -0.39 is 0 Å². The Hall–Kier alpha value is -0.890. The Bertz CT molecular complexity index is 268. The smallest absolute Gasteiger partial charge is 0.0435 e. The highest BCUT2D eigenvalue weighted by atomic mass is 14.7. The summed E-state index contributed by atoms with van der Waals surface area (Å²) >= 11 is 0. The van der Waals surface area contributed by atoms with Gasteiger partial charge in [-0.3, -0.25) is 4.98 Å². The van der Waals surface area contributed by atoms with Crippen molar-refractivity contribution in [3.05, 3.63) is 29.1 Å². The molecule has 2 nitrogen and oxygen atoms in total. The van der Waals surface area contributed by atoms with Gasteiger partial charge in [-0.1, -0.05) is 6.07 Å². The molecule has 2 rings (SSSR count). The molecule has 2 heteroatoms. The predicted molar refractivity (Wildman–Crippen MR) is 44.2 cm³/mol. The SMILES string of the molecule is NCc1cnc2c(c1)CCC2. The molecular formula is C9H12N2. The van der Waals surface area contributed by atoms with E-state index in [0.29, 0.717) is 6.54 Å². The maximum absolute atomic E-state index is 5.50. The van der Waals surface area contributed by atoms with E-state index in [1.54, 1.807) is 0 Å². The summed E-state index contributed by atoms with van der Waals surface area (Å²) in [5.74, 6) is 0. The molecule has 1 aromatic heterocycles. The van der Waals surface area contributed by atoms with E-state index in [0.717, 1.165) is 12.0 Å². The van der Waals surface area contributed by atoms with E-state index in [-0.39, 0.29) is 0 Å². The molecule has 11 heavy (non-hydrogen) atoms. The minimum atomic E-state index is 0.611. The Morgan fingerprint density at radius 3 is 3.18 bits per heavy atom. The molecule has 58 valence electrons. The molecule has 0 unspecified atom stereocenters. The molecule has 0 radical (unpaired) electrons. The number of hydrogen-bond acceptors (Lipinski definition) is 2. The van der Waals surface area contributed by atoms with Crippen LogP contribution in [0.25, 0.3) is 0 Å². The third-order valence-corrected chi connectivity index (χ3v) is 2.21. The van der Waals surface area contributed by atoms with E-state index in [2.05, 4.69) is 11.1 Å². The van der Waals surface area contributed by atoms with Crippen molar-refractivity contribution in [1.82, 2.24) is 4.98 Å². The second-order valence-electron chi connectivity index (χ2n) is 3.01. The van der Waals surface area contributed by atoms with E-state index >= 15 is 0 Å². The van der Waals surface area contributed by atoms with Gasteiger partial charge in [0.1, 0.15) is 0 Å². The van der Waals surface area contributed by atoms with Gasteiger partial charge < -0.3 is 5.73 Å². The van der Waals surface area contributed by atoms with Crippen molar-refractivity contribution in [2.45, 2.75) is 25.8 Å². The summed E-state index contributed by atoms with van der Waals surface area (Å²) in [4.78, 5) is 4.35. The van der Waals surface area contributed by atoms with Gasteiger partial charge in [0, 0.05) is 18.4 Å². The summed E-state index contributed by atoms with van der Waals surface area (Å²) in [6, 6.07) is 2.19. The molecule has 0 aliphatic heterocycles. The summed E-state index contributed by atoms with van der Waals surface area (Å²) in [5, 5.41) is 0. The van der Waals surface area contributed by atoms with Crippen LogP contribution in [0.3, 0.4) is 0 Å². The van der Waals surface area contributed by atoms with Gasteiger partial charge >= 0.3 is 0 Å². The van der Waals surface area contributed by atoms with Crippen molar-refractivity contribution in [2.24, 2.45) is 5.73 Å². The number of fused-ring (bicyclic) bond motifs is 1. The molecule has 0 spiro atoms. The van der Waals surface area contributed by atoms with Crippen molar-refractivity contribution in [3.63, 3.8) is 0 Å². The summed E-state index contributed by atoms with van der Waals surface area (Å²) in [5.41, 5.74) is 9.35. The minimum absolute atomic E-state index is 0.611. The first-order valence-corrected chi connectivity index (χ1v) is 4.07. The largest absolute Gasteiger partial charge is 0.326 e. The van der Waals surface area contributed by atoms with Crippen LogP contribution in [0.1, 0.15) is 23.2 Å². The van der Waals surface area contributed by atoms with Crippen molar-refractivity contribution in [2.75, 3.05) is 0 Å². The van der Waals surface area contributed by atoms with Gasteiger partial charge in [-0.2, -0.15) is 0 Å². The van der Waals surface area contributed by atoms with Crippen LogP contribution in [0.15, 0.2) is 12.3 Å². The van der Waals surface area contributed by atoms with Gasteiger partial charge in [0.2, 0.25) is 0 Å². The molecule has 0 saturated carbocycles. The number of aromatic nitrogens is 1. The molecule has 1 aromatic rings. The molecular weight excluding hydrogens is 136 g/mol. The molecule has 1 heterocycles. The Labute approximate surface area is 66.4 Å². The first-order chi connectivity index (χ1) is 5.40. The topological polar surface area (TPSA) is 38.9 Å². The second-order valence-corrected chi connectivity index (χ2v) is 3.01. The van der Waals surface area contributed by atoms with E-state index in [9.17, 15) is 0 Å². The van der Waals surface area contributed by atoms with Crippen molar-refractivity contribution in [3.8, 4) is 0 Å². The van der Waals surface area contributed by atoms with Crippen molar-refractivity contribution < 1.29 is 0 Å². The zero-order chi connectivity index (χ0) is 7.68. The Morgan fingerprint density at radius 2 is 2.36 bits per heavy atom. The normalized spacial score (nSPS) is 15.0. The predicted octanol–water partition coefficient (Wildman–Crippen LogP) is 1.03. The monoisotopic (exact) mass is 148 g/mol. The van der Waals surface area contributed by atoms with Crippen LogP contribution < -0.4 is 5.73 Å². The van der Waals surface area contributed by atoms with Crippen LogP contribution in [-0.2, 0) is 19.4 Å². The maximum Gasteiger partial charge on any atom is 0.0435 e. The number of nitrogens with zero attached hydrogens (tertiary/aromatic N) is 1. The van der Waals surface area contributed by atoms with Crippen LogP contribution in [-0.4, -0.2) is 4.98 Å². The molecule has 0 saturated heterocycles. The standard InChI is InChI=1S/C9H12N2/c10-5-7-4-8-2-1-3-9(8)11-6-7/h4,6H,1-3,5,10H2. The zero-order valence-electron chi connectivity index (χ0n) is 6.51. The van der Waals surface area contributed by atoms with E-state index in [4.69, 9.17) is 5.73 Å². The third-order valence-electron chi connectivity index (χ3n) is 2.21. The molecule has 0 atom stereocenters. The van der Waals surface area contributed by atoms with Gasteiger partial charge in [0.05, 0.1) is 0 Å². The fraction of sp³-hybridized carbons (Fsp3) is 0.444. The lowest BCUT2D eigenvalue weighted by Crippen LogP contribution is -1.99. The molecule has 0 bridgehead atoms. The zero-order valence-corrected chi connectivity index (χ0v) is 6.51. The summed E-state index contributed by atoms with van der Waals surface area (Å²) in [7, 11) is 0. The number of rotatable bonds is 1. The number of aryl methyl sites for hydroxylation is 2. The maximum atomic E-state index is 5.50. The van der Waals surface area contributed by atoms with Gasteiger partial charge in [-0.05, 0) is 30.4 Å². The summed E-state index contributed by atoms with van der Waals surface area (Å²) < 4.78 is 0. The molecule has 0 fully saturated rings. The average molecular weight is 148 g/mol. The quantitative estimate of drug-likeness (QED) is 0.646. The Kier molecular flexibility index (Phi) is 1.62. The van der Waals surface area contributed by atoms with Crippen LogP contribution >= 0.6 is 0 Å². The fourth-order valence-electron chi connectivity index (χ4n) is 1.59. The third kappa shape index (κ3) is 1.14. The molecule has 0 aromatic carbocycles. The Morgan fingerprint density at radius 1 is 1.45 bits per heavy atom. The van der Waals surface area contributed by atoms with Crippen LogP contribution in [0, 0.1) is 0 Å². The van der Waals surface area contributed by atoms with Gasteiger partial charge in [0.25, 0.3) is 0 Å². The summed E-state index contributed by atoms with van der Waals surface area (Å²) in [6.07, 6.45) is 5.50. The first kappa shape index (κ1) is 6.80. The highest BCUT2D eigenvalue weighted by Crippen LogP contribution is 2.19. The molecule has 1 aliphatic rings. The lowest BCUT2D eigenvalue weighted by Gasteiger charge is -1.99. The van der Waals surface area contributed by atoms with E-state index in [1.165, 1.54) is 24.1 Å². The van der Waals surface area contributed by atoms with Gasteiger partial charge in [-0.15, -0.1) is 0 Å². The van der Waals surface area contributed by atoms with Crippen LogP contribution in [0.5, 0.6) is 0 Å². The van der Waals surface area contributed by atoms with E-state index in [1.807, 2.05) is 6.20 Å². The second kappa shape index (κ2) is 2.62. The summed E-state index contributed by atoms with van der Waals surface area (Å²) in [6.45, 7) is 0.611. The van der Waals surface area contributed by atoms with Gasteiger partial charge in [0.15, 0.2) is 0 Å². The Balaban J connectivity index is 2.41. The molecule has 2 N–H and O–H groups in total. The van der Waals surface area contributed by atoms with Crippen LogP contribution in [0.4, 0.5) is 0 Å². The number of nitrogens with two attached hydrogens (primary N) is 1. The van der Waals surface area contributed by atoms with Gasteiger partial charge in [-0.25, -0.2) is 0 Å². The average Bonchev–Trinajstić information content (AvgIpc) is 2.50. The highest BCUT2D eigenvalue weighted by molar-refractivity contribution is 5.28. The lowest BCUT2D eigenvalue weighted by atomic mass is 10.1. The molecule has 0 amide bonds. The lowest BCUT2D eigenvalue weighted by molar-refractivity contribution is 0.899. The van der Waals surface area contributed by atoms with Crippen molar-refractivity contribution >= 4 is 0 Å².